The van der Waals surface area contributed by atoms with Gasteiger partial charge in [0.25, 0.3) is 0 Å². The Balaban J connectivity index is 1.99. The summed E-state index contributed by atoms with van der Waals surface area (Å²) in [4.78, 5) is 0. The summed E-state index contributed by atoms with van der Waals surface area (Å²) in [7, 11) is 0. The van der Waals surface area contributed by atoms with Gasteiger partial charge in [0.2, 0.25) is 0 Å². The van der Waals surface area contributed by atoms with Crippen molar-refractivity contribution < 1.29 is 5.11 Å². The molecular weight excluding hydrogens is 276 g/mol. The van der Waals surface area contributed by atoms with Crippen LogP contribution in [-0.2, 0) is 12.0 Å². The van der Waals surface area contributed by atoms with Crippen molar-refractivity contribution in [3.05, 3.63) is 71.1 Å². The van der Waals surface area contributed by atoms with Crippen LogP contribution in [0.4, 0.5) is 0 Å². The van der Waals surface area contributed by atoms with Crippen LogP contribution in [0.1, 0.15) is 30.9 Å². The molecule has 0 bridgehead atoms. The Morgan fingerprint density at radius 2 is 1.71 bits per heavy atom. The Hall–Kier alpha value is -1.64. The van der Waals surface area contributed by atoms with Crippen molar-refractivity contribution in [2.24, 2.45) is 0 Å². The van der Waals surface area contributed by atoms with E-state index in [2.05, 4.69) is 36.6 Å². The second-order valence-electron chi connectivity index (χ2n) is 5.58. The Labute approximate surface area is 129 Å². The molecule has 0 aliphatic heterocycles. The molecule has 108 valence electrons. The first-order valence-corrected chi connectivity index (χ1v) is 8.34. The lowest BCUT2D eigenvalue weighted by atomic mass is 9.83. The molecule has 1 nitrogen and oxygen atoms in total. The number of rotatable bonds is 5. The van der Waals surface area contributed by atoms with Crippen molar-refractivity contribution in [2.75, 3.05) is 0 Å². The molecule has 21 heavy (non-hydrogen) atoms. The Morgan fingerprint density at radius 3 is 2.48 bits per heavy atom. The predicted octanol–water partition coefficient (Wildman–Crippen LogP) is 5.13. The molecule has 0 fully saturated rings. The highest BCUT2D eigenvalue weighted by molar-refractivity contribution is 7.17. The lowest BCUT2D eigenvalue weighted by Crippen LogP contribution is -2.28. The SMILES string of the molecule is CCCC(O)(Cc1csc2ccccc12)c1ccccc1. The highest BCUT2D eigenvalue weighted by atomic mass is 32.1. The molecule has 2 aromatic carbocycles. The first kappa shape index (κ1) is 14.3. The predicted molar refractivity (Wildman–Crippen MR) is 90.8 cm³/mol. The van der Waals surface area contributed by atoms with E-state index in [0.29, 0.717) is 6.42 Å². The fourth-order valence-corrected chi connectivity index (χ4v) is 3.94. The summed E-state index contributed by atoms with van der Waals surface area (Å²) >= 11 is 1.76. The summed E-state index contributed by atoms with van der Waals surface area (Å²) in [6.07, 6.45) is 2.42. The van der Waals surface area contributed by atoms with Crippen molar-refractivity contribution in [1.29, 1.82) is 0 Å². The lowest BCUT2D eigenvalue weighted by molar-refractivity contribution is 0.0273. The second kappa shape index (κ2) is 6.00. The van der Waals surface area contributed by atoms with Gasteiger partial charge >= 0.3 is 0 Å². The molecule has 1 unspecified atom stereocenters. The quantitative estimate of drug-likeness (QED) is 0.692. The molecule has 0 aliphatic rings. The van der Waals surface area contributed by atoms with E-state index in [0.717, 1.165) is 18.4 Å². The average Bonchev–Trinajstić information content (AvgIpc) is 2.92. The van der Waals surface area contributed by atoms with Gasteiger partial charge in [0.1, 0.15) is 0 Å². The first-order valence-electron chi connectivity index (χ1n) is 7.46. The molecule has 0 aliphatic carbocycles. The van der Waals surface area contributed by atoms with Crippen LogP contribution in [0.25, 0.3) is 10.1 Å². The van der Waals surface area contributed by atoms with Crippen molar-refractivity contribution in [3.8, 4) is 0 Å². The van der Waals surface area contributed by atoms with Gasteiger partial charge in [-0.2, -0.15) is 0 Å². The van der Waals surface area contributed by atoms with Crippen LogP contribution in [0.2, 0.25) is 0 Å². The molecule has 1 N–H and O–H groups in total. The smallest absolute Gasteiger partial charge is 0.0937 e. The molecule has 0 radical (unpaired) electrons. The van der Waals surface area contributed by atoms with Gasteiger partial charge in [0.05, 0.1) is 5.60 Å². The van der Waals surface area contributed by atoms with Crippen molar-refractivity contribution >= 4 is 21.4 Å². The zero-order valence-electron chi connectivity index (χ0n) is 12.3. The normalized spacial score (nSPS) is 14.2. The maximum atomic E-state index is 11.2. The van der Waals surface area contributed by atoms with E-state index in [-0.39, 0.29) is 0 Å². The summed E-state index contributed by atoms with van der Waals surface area (Å²) in [6, 6.07) is 18.5. The number of hydrogen-bond donors (Lipinski definition) is 1. The summed E-state index contributed by atoms with van der Waals surface area (Å²) in [5.41, 5.74) is 1.48. The standard InChI is InChI=1S/C19H20OS/c1-2-12-19(20,16-8-4-3-5-9-16)13-15-14-21-18-11-7-6-10-17(15)18/h3-11,14,20H,2,12-13H2,1H3. The van der Waals surface area contributed by atoms with E-state index in [1.54, 1.807) is 11.3 Å². The molecule has 0 saturated heterocycles. The summed E-state index contributed by atoms with van der Waals surface area (Å²) in [6.45, 7) is 2.12. The molecule has 3 aromatic rings. The number of aliphatic hydroxyl groups is 1. The molecule has 0 spiro atoms. The van der Waals surface area contributed by atoms with Crippen LogP contribution in [0.15, 0.2) is 60.0 Å². The second-order valence-corrected chi connectivity index (χ2v) is 6.49. The number of thiophene rings is 1. The van der Waals surface area contributed by atoms with Gasteiger partial charge in [-0.25, -0.2) is 0 Å². The van der Waals surface area contributed by atoms with Crippen LogP contribution in [0, 0.1) is 0 Å². The molecule has 1 aromatic heterocycles. The summed E-state index contributed by atoms with van der Waals surface area (Å²) in [5.74, 6) is 0. The summed E-state index contributed by atoms with van der Waals surface area (Å²) < 4.78 is 1.29. The van der Waals surface area contributed by atoms with E-state index in [1.807, 2.05) is 30.3 Å². The van der Waals surface area contributed by atoms with Crippen LogP contribution < -0.4 is 0 Å². The molecular formula is C19H20OS. The third-order valence-corrected chi connectivity index (χ3v) is 5.03. The van der Waals surface area contributed by atoms with Crippen LogP contribution in [0.3, 0.4) is 0 Å². The first-order chi connectivity index (χ1) is 10.2. The largest absolute Gasteiger partial charge is 0.385 e. The molecule has 0 saturated carbocycles. The highest BCUT2D eigenvalue weighted by Crippen LogP contribution is 2.35. The van der Waals surface area contributed by atoms with Crippen molar-refractivity contribution in [2.45, 2.75) is 31.8 Å². The van der Waals surface area contributed by atoms with Gasteiger partial charge in [-0.3, -0.25) is 0 Å². The molecule has 1 heterocycles. The van der Waals surface area contributed by atoms with Gasteiger partial charge in [0.15, 0.2) is 0 Å². The Morgan fingerprint density at radius 1 is 1.00 bits per heavy atom. The van der Waals surface area contributed by atoms with Crippen LogP contribution >= 0.6 is 11.3 Å². The van der Waals surface area contributed by atoms with Crippen molar-refractivity contribution in [3.63, 3.8) is 0 Å². The number of hydrogen-bond acceptors (Lipinski definition) is 2. The van der Waals surface area contributed by atoms with Crippen LogP contribution in [0.5, 0.6) is 0 Å². The van der Waals surface area contributed by atoms with Gasteiger partial charge in [0, 0.05) is 11.1 Å². The van der Waals surface area contributed by atoms with Gasteiger partial charge in [-0.05, 0) is 34.4 Å². The minimum absolute atomic E-state index is 0.675. The maximum absolute atomic E-state index is 11.2. The zero-order chi connectivity index (χ0) is 14.7. The minimum Gasteiger partial charge on any atom is -0.385 e. The highest BCUT2D eigenvalue weighted by Gasteiger charge is 2.29. The van der Waals surface area contributed by atoms with Gasteiger partial charge in [-0.15, -0.1) is 11.3 Å². The fourth-order valence-electron chi connectivity index (χ4n) is 2.98. The van der Waals surface area contributed by atoms with E-state index in [1.165, 1.54) is 15.6 Å². The van der Waals surface area contributed by atoms with E-state index in [9.17, 15) is 5.11 Å². The van der Waals surface area contributed by atoms with Gasteiger partial charge in [-0.1, -0.05) is 61.9 Å². The molecule has 1 atom stereocenters. The number of benzene rings is 2. The molecule has 3 rings (SSSR count). The van der Waals surface area contributed by atoms with E-state index in [4.69, 9.17) is 0 Å². The molecule has 0 amide bonds. The van der Waals surface area contributed by atoms with Gasteiger partial charge < -0.3 is 5.11 Å². The van der Waals surface area contributed by atoms with E-state index >= 15 is 0 Å². The molecule has 2 heteroatoms. The number of fused-ring (bicyclic) bond motifs is 1. The third-order valence-electron chi connectivity index (χ3n) is 4.02. The average molecular weight is 296 g/mol. The zero-order valence-corrected chi connectivity index (χ0v) is 13.1. The topological polar surface area (TPSA) is 20.2 Å². The fraction of sp³-hybridized carbons (Fsp3) is 0.263. The maximum Gasteiger partial charge on any atom is 0.0937 e. The van der Waals surface area contributed by atoms with Crippen molar-refractivity contribution in [1.82, 2.24) is 0 Å². The monoisotopic (exact) mass is 296 g/mol. The van der Waals surface area contributed by atoms with E-state index < -0.39 is 5.60 Å². The lowest BCUT2D eigenvalue weighted by Gasteiger charge is -2.28. The minimum atomic E-state index is -0.778. The summed E-state index contributed by atoms with van der Waals surface area (Å²) in [5, 5.41) is 14.7. The Bertz CT molecular complexity index is 717. The third kappa shape index (κ3) is 2.87. The Kier molecular flexibility index (Phi) is 4.09. The van der Waals surface area contributed by atoms with Crippen LogP contribution in [-0.4, -0.2) is 5.11 Å².